The van der Waals surface area contributed by atoms with Crippen molar-refractivity contribution in [3.63, 3.8) is 0 Å². The largest absolute Gasteiger partial charge is 0.368 e. The molecule has 112 valence electrons. The minimum Gasteiger partial charge on any atom is -0.368 e. The predicted molar refractivity (Wildman–Crippen MR) is 77.4 cm³/mol. The third kappa shape index (κ3) is 2.65. The fourth-order valence-corrected chi connectivity index (χ4v) is 3.24. The molecular weight excluding hydrogens is 268 g/mol. The quantitative estimate of drug-likeness (QED) is 0.887. The van der Waals surface area contributed by atoms with Crippen molar-refractivity contribution in [2.24, 2.45) is 5.73 Å². The molecule has 2 N–H and O–H groups in total. The van der Waals surface area contributed by atoms with Crippen molar-refractivity contribution >= 4 is 11.8 Å². The van der Waals surface area contributed by atoms with Crippen molar-refractivity contribution in [3.8, 4) is 0 Å². The maximum atomic E-state index is 12.8. The van der Waals surface area contributed by atoms with Gasteiger partial charge in [-0.1, -0.05) is 24.3 Å². The lowest BCUT2D eigenvalue weighted by Crippen LogP contribution is -2.52. The second-order valence-electron chi connectivity index (χ2n) is 5.65. The summed E-state index contributed by atoms with van der Waals surface area (Å²) in [5.41, 5.74) is 7.51. The standard InChI is InChI=1S/C16H20N2O3/c17-15(19)13-7-3-4-9-18(13)16(20)14-12-6-2-1-5-11(12)8-10-21-14/h1-2,5-6,13-14H,3-4,7-10H2,(H2,17,19). The molecule has 1 aromatic carbocycles. The van der Waals surface area contributed by atoms with Gasteiger partial charge < -0.3 is 15.4 Å². The third-order valence-electron chi connectivity index (χ3n) is 4.33. The number of rotatable bonds is 2. The Balaban J connectivity index is 1.86. The highest BCUT2D eigenvalue weighted by molar-refractivity contribution is 5.89. The van der Waals surface area contributed by atoms with E-state index in [1.165, 1.54) is 0 Å². The molecule has 0 aliphatic carbocycles. The fraction of sp³-hybridized carbons (Fsp3) is 0.500. The number of nitrogens with zero attached hydrogens (tertiary/aromatic N) is 1. The molecule has 2 aliphatic rings. The van der Waals surface area contributed by atoms with Gasteiger partial charge in [0.05, 0.1) is 6.61 Å². The first-order chi connectivity index (χ1) is 10.2. The number of carbonyl (C=O) groups is 2. The lowest BCUT2D eigenvalue weighted by molar-refractivity contribution is -0.152. The van der Waals surface area contributed by atoms with Gasteiger partial charge in [-0.2, -0.15) is 0 Å². The molecule has 2 aliphatic heterocycles. The van der Waals surface area contributed by atoms with Gasteiger partial charge in [0.25, 0.3) is 5.91 Å². The van der Waals surface area contributed by atoms with Gasteiger partial charge in [-0.15, -0.1) is 0 Å². The summed E-state index contributed by atoms with van der Waals surface area (Å²) in [4.78, 5) is 26.0. The Hall–Kier alpha value is -1.88. The summed E-state index contributed by atoms with van der Waals surface area (Å²) in [6.07, 6.45) is 2.70. The molecule has 21 heavy (non-hydrogen) atoms. The Bertz CT molecular complexity index is 558. The molecule has 0 bridgehead atoms. The van der Waals surface area contributed by atoms with Crippen LogP contribution in [0.25, 0.3) is 0 Å². The lowest BCUT2D eigenvalue weighted by atomic mass is 9.94. The topological polar surface area (TPSA) is 72.6 Å². The van der Waals surface area contributed by atoms with Gasteiger partial charge in [0.1, 0.15) is 6.04 Å². The number of benzene rings is 1. The first-order valence-corrected chi connectivity index (χ1v) is 7.47. The first-order valence-electron chi connectivity index (χ1n) is 7.47. The molecule has 3 rings (SSSR count). The predicted octanol–water partition coefficient (Wildman–Crippen LogP) is 1.17. The van der Waals surface area contributed by atoms with Crippen molar-refractivity contribution in [2.75, 3.05) is 13.2 Å². The molecule has 0 spiro atoms. The highest BCUT2D eigenvalue weighted by atomic mass is 16.5. The zero-order chi connectivity index (χ0) is 14.8. The van der Waals surface area contributed by atoms with E-state index in [0.717, 1.165) is 30.4 Å². The van der Waals surface area contributed by atoms with E-state index in [0.29, 0.717) is 19.6 Å². The van der Waals surface area contributed by atoms with Crippen LogP contribution in [0.1, 0.15) is 36.5 Å². The van der Waals surface area contributed by atoms with Gasteiger partial charge in [0, 0.05) is 6.54 Å². The molecule has 2 amide bonds. The Morgan fingerprint density at radius 3 is 2.86 bits per heavy atom. The Morgan fingerprint density at radius 2 is 2.05 bits per heavy atom. The summed E-state index contributed by atoms with van der Waals surface area (Å²) in [6, 6.07) is 7.35. The van der Waals surface area contributed by atoms with Crippen molar-refractivity contribution in [1.82, 2.24) is 4.90 Å². The van der Waals surface area contributed by atoms with Crippen molar-refractivity contribution in [1.29, 1.82) is 0 Å². The maximum Gasteiger partial charge on any atom is 0.257 e. The normalized spacial score (nSPS) is 25.2. The van der Waals surface area contributed by atoms with Gasteiger partial charge in [-0.05, 0) is 36.8 Å². The van der Waals surface area contributed by atoms with Crippen molar-refractivity contribution in [2.45, 2.75) is 37.8 Å². The number of amides is 2. The number of hydrogen-bond acceptors (Lipinski definition) is 3. The molecule has 2 heterocycles. The molecule has 0 saturated carbocycles. The summed E-state index contributed by atoms with van der Waals surface area (Å²) in [5.74, 6) is -0.558. The van der Waals surface area contributed by atoms with Crippen LogP contribution >= 0.6 is 0 Å². The van der Waals surface area contributed by atoms with E-state index in [1.54, 1.807) is 4.90 Å². The third-order valence-corrected chi connectivity index (χ3v) is 4.33. The van der Waals surface area contributed by atoms with Gasteiger partial charge in [0.15, 0.2) is 6.10 Å². The van der Waals surface area contributed by atoms with E-state index in [2.05, 4.69) is 0 Å². The monoisotopic (exact) mass is 288 g/mol. The second kappa shape index (κ2) is 5.85. The Labute approximate surface area is 124 Å². The van der Waals surface area contributed by atoms with E-state index in [-0.39, 0.29) is 5.91 Å². The smallest absolute Gasteiger partial charge is 0.257 e. The molecule has 5 heteroatoms. The zero-order valence-corrected chi connectivity index (χ0v) is 12.0. The number of piperidine rings is 1. The second-order valence-corrected chi connectivity index (χ2v) is 5.65. The summed E-state index contributed by atoms with van der Waals surface area (Å²) in [6.45, 7) is 1.11. The van der Waals surface area contributed by atoms with Gasteiger partial charge in [-0.25, -0.2) is 0 Å². The average molecular weight is 288 g/mol. The van der Waals surface area contributed by atoms with Crippen LogP contribution in [-0.4, -0.2) is 35.9 Å². The van der Waals surface area contributed by atoms with E-state index in [1.807, 2.05) is 24.3 Å². The molecule has 1 saturated heterocycles. The number of carbonyl (C=O) groups excluding carboxylic acids is 2. The average Bonchev–Trinajstić information content (AvgIpc) is 2.53. The summed E-state index contributed by atoms with van der Waals surface area (Å²) < 4.78 is 5.70. The van der Waals surface area contributed by atoms with Crippen molar-refractivity contribution < 1.29 is 14.3 Å². The van der Waals surface area contributed by atoms with Gasteiger partial charge in [-0.3, -0.25) is 9.59 Å². The number of fused-ring (bicyclic) bond motifs is 1. The molecule has 0 radical (unpaired) electrons. The molecule has 1 fully saturated rings. The van der Waals surface area contributed by atoms with E-state index >= 15 is 0 Å². The fourth-order valence-electron chi connectivity index (χ4n) is 3.24. The maximum absolute atomic E-state index is 12.8. The minimum atomic E-state index is -0.602. The van der Waals surface area contributed by atoms with Crippen LogP contribution in [-0.2, 0) is 20.7 Å². The highest BCUT2D eigenvalue weighted by Gasteiger charge is 2.37. The van der Waals surface area contributed by atoms with Gasteiger partial charge in [0.2, 0.25) is 5.91 Å². The van der Waals surface area contributed by atoms with Crippen LogP contribution in [0.2, 0.25) is 0 Å². The van der Waals surface area contributed by atoms with Crippen LogP contribution in [0.3, 0.4) is 0 Å². The van der Waals surface area contributed by atoms with E-state index in [9.17, 15) is 9.59 Å². The number of primary amides is 1. The highest BCUT2D eigenvalue weighted by Crippen LogP contribution is 2.30. The Kier molecular flexibility index (Phi) is 3.92. The summed E-state index contributed by atoms with van der Waals surface area (Å²) >= 11 is 0. The van der Waals surface area contributed by atoms with Gasteiger partial charge >= 0.3 is 0 Å². The van der Waals surface area contributed by atoms with Crippen LogP contribution in [0.4, 0.5) is 0 Å². The van der Waals surface area contributed by atoms with Crippen LogP contribution in [0.5, 0.6) is 0 Å². The van der Waals surface area contributed by atoms with Crippen LogP contribution in [0, 0.1) is 0 Å². The molecule has 1 aromatic rings. The summed E-state index contributed by atoms with van der Waals surface area (Å²) in [7, 11) is 0. The van der Waals surface area contributed by atoms with E-state index < -0.39 is 18.1 Å². The molecular formula is C16H20N2O3. The van der Waals surface area contributed by atoms with Crippen LogP contribution < -0.4 is 5.73 Å². The Morgan fingerprint density at radius 1 is 1.24 bits per heavy atom. The molecule has 2 unspecified atom stereocenters. The zero-order valence-electron chi connectivity index (χ0n) is 12.0. The molecule has 2 atom stereocenters. The summed E-state index contributed by atoms with van der Waals surface area (Å²) in [5, 5.41) is 0. The lowest BCUT2D eigenvalue weighted by Gasteiger charge is -2.37. The number of nitrogens with two attached hydrogens (primary N) is 1. The first kappa shape index (κ1) is 14.1. The number of ether oxygens (including phenoxy) is 1. The number of likely N-dealkylation sites (tertiary alicyclic amines) is 1. The molecule has 5 nitrogen and oxygen atoms in total. The number of hydrogen-bond donors (Lipinski definition) is 1. The minimum absolute atomic E-state index is 0.134. The SMILES string of the molecule is NC(=O)C1CCCCN1C(=O)C1OCCc2ccccc21. The molecule has 0 aromatic heterocycles. The van der Waals surface area contributed by atoms with Crippen molar-refractivity contribution in [3.05, 3.63) is 35.4 Å². The van der Waals surface area contributed by atoms with E-state index in [4.69, 9.17) is 10.5 Å². The van der Waals surface area contributed by atoms with Crippen LogP contribution in [0.15, 0.2) is 24.3 Å².